The molecule has 19 heavy (non-hydrogen) atoms. The van der Waals surface area contributed by atoms with Crippen molar-refractivity contribution in [3.8, 4) is 5.75 Å². The van der Waals surface area contributed by atoms with Crippen molar-refractivity contribution >= 4 is 48.2 Å². The van der Waals surface area contributed by atoms with Crippen LogP contribution in [0.2, 0.25) is 0 Å². The van der Waals surface area contributed by atoms with Crippen LogP contribution < -0.4 is 4.74 Å². The van der Waals surface area contributed by atoms with Crippen LogP contribution >= 0.6 is 43.2 Å². The number of rotatable bonds is 4. The molecule has 0 radical (unpaired) electrons. The van der Waals surface area contributed by atoms with E-state index in [0.29, 0.717) is 6.61 Å². The van der Waals surface area contributed by atoms with Gasteiger partial charge in [0.1, 0.15) is 12.4 Å². The molecule has 0 bridgehead atoms. The topological polar surface area (TPSA) is 26.5 Å². The molecule has 0 atom stereocenters. The van der Waals surface area contributed by atoms with Crippen LogP contribution in [-0.2, 0) is 11.9 Å². The Morgan fingerprint density at radius 2 is 2.26 bits per heavy atom. The maximum Gasteiger partial charge on any atom is 0.193 e. The van der Waals surface area contributed by atoms with Crippen molar-refractivity contribution in [2.45, 2.75) is 11.9 Å². The first-order valence-corrected chi connectivity index (χ1v) is 8.44. The molecule has 0 amide bonds. The smallest absolute Gasteiger partial charge is 0.193 e. The van der Waals surface area contributed by atoms with Gasteiger partial charge in [-0.15, -0.1) is 11.3 Å². The lowest BCUT2D eigenvalue weighted by atomic mass is 10.2. The predicted octanol–water partition coefficient (Wildman–Crippen LogP) is 4.63. The summed E-state index contributed by atoms with van der Waals surface area (Å²) in [5.74, 6) is 0.834. The lowest BCUT2D eigenvalue weighted by Gasteiger charge is -2.07. The number of nitrogens with zero attached hydrogens (tertiary/aromatic N) is 2. The molecule has 3 rings (SSSR count). The van der Waals surface area contributed by atoms with E-state index in [1.54, 1.807) is 11.3 Å². The molecule has 2 aromatic heterocycles. The minimum atomic E-state index is 0.473. The van der Waals surface area contributed by atoms with Crippen molar-refractivity contribution in [3.05, 3.63) is 51.7 Å². The molecular formula is C13H10Br2N2OS. The van der Waals surface area contributed by atoms with Gasteiger partial charge in [-0.3, -0.25) is 4.40 Å². The average Bonchev–Trinajstić information content (AvgIpc) is 2.98. The number of ether oxygens (including phenoxy) is 1. The van der Waals surface area contributed by atoms with E-state index < -0.39 is 0 Å². The van der Waals surface area contributed by atoms with E-state index in [1.165, 1.54) is 5.56 Å². The van der Waals surface area contributed by atoms with E-state index in [4.69, 9.17) is 4.74 Å². The zero-order chi connectivity index (χ0) is 13.2. The zero-order valence-corrected chi connectivity index (χ0v) is 13.8. The predicted molar refractivity (Wildman–Crippen MR) is 84.2 cm³/mol. The summed E-state index contributed by atoms with van der Waals surface area (Å²) in [6.45, 7) is 0.473. The molecule has 3 aromatic rings. The summed E-state index contributed by atoms with van der Waals surface area (Å²) in [6.07, 6.45) is 3.99. The van der Waals surface area contributed by atoms with Gasteiger partial charge in [0.2, 0.25) is 0 Å². The van der Waals surface area contributed by atoms with Crippen LogP contribution in [-0.4, -0.2) is 9.38 Å². The second kappa shape index (κ2) is 5.64. The molecule has 1 aromatic carbocycles. The third kappa shape index (κ3) is 2.85. The number of alkyl halides is 1. The number of benzene rings is 1. The molecule has 3 nitrogen and oxygen atoms in total. The number of imidazole rings is 1. The van der Waals surface area contributed by atoms with E-state index in [0.717, 1.165) is 26.2 Å². The molecule has 2 heterocycles. The van der Waals surface area contributed by atoms with Gasteiger partial charge in [-0.05, 0) is 33.6 Å². The van der Waals surface area contributed by atoms with Crippen molar-refractivity contribution in [2.24, 2.45) is 0 Å². The molecule has 0 aliphatic rings. The number of thiazole rings is 1. The Balaban J connectivity index is 1.73. The molecule has 0 saturated heterocycles. The zero-order valence-electron chi connectivity index (χ0n) is 9.85. The highest BCUT2D eigenvalue weighted by Gasteiger charge is 2.06. The summed E-state index contributed by atoms with van der Waals surface area (Å²) >= 11 is 8.57. The molecular weight excluding hydrogens is 392 g/mol. The van der Waals surface area contributed by atoms with Crippen LogP contribution in [0.4, 0.5) is 0 Å². The van der Waals surface area contributed by atoms with E-state index in [2.05, 4.69) is 42.9 Å². The van der Waals surface area contributed by atoms with Gasteiger partial charge in [-0.1, -0.05) is 22.0 Å². The highest BCUT2D eigenvalue weighted by Crippen LogP contribution is 2.27. The van der Waals surface area contributed by atoms with Crippen molar-refractivity contribution in [1.29, 1.82) is 0 Å². The van der Waals surface area contributed by atoms with Crippen molar-refractivity contribution in [2.75, 3.05) is 0 Å². The Morgan fingerprint density at radius 1 is 1.37 bits per heavy atom. The number of fused-ring (bicyclic) bond motifs is 1. The van der Waals surface area contributed by atoms with E-state index in [-0.39, 0.29) is 0 Å². The fourth-order valence-corrected chi connectivity index (χ4v) is 3.35. The first-order chi connectivity index (χ1) is 9.26. The normalized spacial score (nSPS) is 11.1. The van der Waals surface area contributed by atoms with Gasteiger partial charge in [-0.25, -0.2) is 4.98 Å². The Labute approximate surface area is 131 Å². The summed E-state index contributed by atoms with van der Waals surface area (Å²) in [5, 5.41) is 2.85. The van der Waals surface area contributed by atoms with E-state index in [9.17, 15) is 0 Å². The van der Waals surface area contributed by atoms with Crippen LogP contribution in [0.15, 0.2) is 40.4 Å². The van der Waals surface area contributed by atoms with E-state index in [1.807, 2.05) is 34.3 Å². The van der Waals surface area contributed by atoms with Gasteiger partial charge in [0, 0.05) is 23.1 Å². The fraction of sp³-hybridized carbons (Fsp3) is 0.154. The first-order valence-electron chi connectivity index (χ1n) is 5.64. The number of halogens is 2. The Kier molecular flexibility index (Phi) is 3.91. The summed E-state index contributed by atoms with van der Waals surface area (Å²) in [7, 11) is 0. The molecule has 0 aliphatic carbocycles. The van der Waals surface area contributed by atoms with Gasteiger partial charge in [0.15, 0.2) is 4.96 Å². The van der Waals surface area contributed by atoms with Crippen molar-refractivity contribution in [1.82, 2.24) is 9.38 Å². The monoisotopic (exact) mass is 400 g/mol. The number of aromatic nitrogens is 2. The molecule has 0 fully saturated rings. The summed E-state index contributed by atoms with van der Waals surface area (Å²) in [5.41, 5.74) is 2.14. The molecule has 0 unspecified atom stereocenters. The SMILES string of the molecule is BrCc1ccc(OCc2cn3ccsc3n2)c(Br)c1. The van der Waals surface area contributed by atoms with Gasteiger partial charge in [-0.2, -0.15) is 0 Å². The fourth-order valence-electron chi connectivity index (χ4n) is 1.74. The molecule has 6 heteroatoms. The third-order valence-electron chi connectivity index (χ3n) is 2.67. The van der Waals surface area contributed by atoms with Crippen LogP contribution in [0.5, 0.6) is 5.75 Å². The van der Waals surface area contributed by atoms with Crippen molar-refractivity contribution < 1.29 is 4.74 Å². The first kappa shape index (κ1) is 13.1. The van der Waals surface area contributed by atoms with Crippen LogP contribution in [0.25, 0.3) is 4.96 Å². The minimum absolute atomic E-state index is 0.473. The number of hydrogen-bond acceptors (Lipinski definition) is 3. The minimum Gasteiger partial charge on any atom is -0.486 e. The Morgan fingerprint density at radius 3 is 3.00 bits per heavy atom. The average molecular weight is 402 g/mol. The largest absolute Gasteiger partial charge is 0.486 e. The molecule has 0 N–H and O–H groups in total. The van der Waals surface area contributed by atoms with Gasteiger partial charge in [0.05, 0.1) is 10.2 Å². The number of hydrogen-bond donors (Lipinski definition) is 0. The quantitative estimate of drug-likeness (QED) is 0.595. The van der Waals surface area contributed by atoms with Crippen molar-refractivity contribution in [3.63, 3.8) is 0 Å². The van der Waals surface area contributed by atoms with Gasteiger partial charge < -0.3 is 4.74 Å². The highest BCUT2D eigenvalue weighted by atomic mass is 79.9. The molecule has 0 spiro atoms. The molecule has 98 valence electrons. The van der Waals surface area contributed by atoms with Gasteiger partial charge >= 0.3 is 0 Å². The van der Waals surface area contributed by atoms with Crippen LogP contribution in [0, 0.1) is 0 Å². The second-order valence-electron chi connectivity index (χ2n) is 4.01. The second-order valence-corrected chi connectivity index (χ2v) is 6.30. The lowest BCUT2D eigenvalue weighted by molar-refractivity contribution is 0.300. The van der Waals surface area contributed by atoms with E-state index >= 15 is 0 Å². The van der Waals surface area contributed by atoms with Crippen LogP contribution in [0.3, 0.4) is 0 Å². The molecule has 0 saturated carbocycles. The maximum atomic E-state index is 5.79. The highest BCUT2D eigenvalue weighted by molar-refractivity contribution is 9.10. The summed E-state index contributed by atoms with van der Waals surface area (Å²) in [6, 6.07) is 6.06. The third-order valence-corrected chi connectivity index (χ3v) is 4.71. The van der Waals surface area contributed by atoms with Crippen LogP contribution in [0.1, 0.15) is 11.3 Å². The Hall–Kier alpha value is -0.850. The summed E-state index contributed by atoms with van der Waals surface area (Å²) < 4.78 is 8.76. The summed E-state index contributed by atoms with van der Waals surface area (Å²) in [4.78, 5) is 5.48. The lowest BCUT2D eigenvalue weighted by Crippen LogP contribution is -1.96. The molecule has 0 aliphatic heterocycles. The Bertz CT molecular complexity index is 679. The maximum absolute atomic E-state index is 5.79. The van der Waals surface area contributed by atoms with Gasteiger partial charge in [0.25, 0.3) is 0 Å². The standard InChI is InChI=1S/C13H10Br2N2OS/c14-6-9-1-2-12(11(15)5-9)18-8-10-7-17-3-4-19-13(17)16-10/h1-5,7H,6,8H2.